The van der Waals surface area contributed by atoms with E-state index >= 15 is 0 Å². The van der Waals surface area contributed by atoms with Gasteiger partial charge in [-0.3, -0.25) is 14.4 Å². The number of hydrogen-bond acceptors (Lipinski definition) is 4. The summed E-state index contributed by atoms with van der Waals surface area (Å²) in [5.41, 5.74) is 2.46. The summed E-state index contributed by atoms with van der Waals surface area (Å²) in [5, 5.41) is 11.0. The molecule has 0 aromatic heterocycles. The van der Waals surface area contributed by atoms with Crippen LogP contribution in [0.5, 0.6) is 0 Å². The van der Waals surface area contributed by atoms with Gasteiger partial charge in [0, 0.05) is 26.9 Å². The highest BCUT2D eigenvalue weighted by Crippen LogP contribution is 2.29. The van der Waals surface area contributed by atoms with Gasteiger partial charge in [0.1, 0.15) is 5.70 Å². The Hall–Kier alpha value is -4.85. The van der Waals surface area contributed by atoms with Crippen molar-refractivity contribution in [2.24, 2.45) is 0 Å². The maximum absolute atomic E-state index is 13.5. The average Bonchev–Trinajstić information content (AvgIpc) is 3.04. The zero-order valence-corrected chi connectivity index (χ0v) is 25.5. The lowest BCUT2D eigenvalue weighted by Gasteiger charge is -2.16. The quantitative estimate of drug-likeness (QED) is 0.108. The summed E-state index contributed by atoms with van der Waals surface area (Å²) in [6, 6.07) is 36.8. The van der Waals surface area contributed by atoms with Gasteiger partial charge in [-0.15, -0.1) is 11.8 Å². The van der Waals surface area contributed by atoms with Crippen LogP contribution in [0.4, 0.5) is 11.4 Å². The molecule has 1 atom stereocenters. The van der Waals surface area contributed by atoms with Gasteiger partial charge in [-0.1, -0.05) is 85.3 Å². The van der Waals surface area contributed by atoms with Crippen molar-refractivity contribution < 1.29 is 14.4 Å². The van der Waals surface area contributed by atoms with Crippen LogP contribution >= 0.6 is 23.4 Å². The van der Waals surface area contributed by atoms with E-state index in [1.807, 2.05) is 73.7 Å². The lowest BCUT2D eigenvalue weighted by atomic mass is 10.1. The minimum Gasteiger partial charge on any atom is -0.325 e. The predicted octanol–water partition coefficient (Wildman–Crippen LogP) is 8.41. The van der Waals surface area contributed by atoms with E-state index in [9.17, 15) is 14.4 Å². The Morgan fingerprint density at radius 3 is 2.20 bits per heavy atom. The first kappa shape index (κ1) is 30.6. The summed E-state index contributed by atoms with van der Waals surface area (Å²) in [4.78, 5) is 40.4. The molecule has 0 heterocycles. The van der Waals surface area contributed by atoms with Gasteiger partial charge in [0.15, 0.2) is 0 Å². The number of carbonyl (C=O) groups excluding carboxylic acids is 3. The Kier molecular flexibility index (Phi) is 10.1. The number of nitrogens with one attached hydrogen (secondary N) is 3. The van der Waals surface area contributed by atoms with Gasteiger partial charge in [0.25, 0.3) is 11.8 Å². The summed E-state index contributed by atoms with van der Waals surface area (Å²) >= 11 is 7.45. The van der Waals surface area contributed by atoms with E-state index in [-0.39, 0.29) is 16.9 Å². The standard InChI is InChI=1S/C36H30ClN3O3S/c1-2-33(36(43)39-30-20-17-25-9-6-7-12-27(25)22-30)44-31-14-8-13-29(23-31)38-35(42)32(21-24-15-18-28(37)19-16-24)40-34(41)26-10-4-3-5-11-26/h3-23,33H,2H2,1H3,(H,38,42)(H,39,43)(H,40,41)/b32-21-. The number of carbonyl (C=O) groups is 3. The van der Waals surface area contributed by atoms with E-state index in [0.29, 0.717) is 28.3 Å². The zero-order valence-electron chi connectivity index (χ0n) is 23.9. The summed E-state index contributed by atoms with van der Waals surface area (Å²) in [7, 11) is 0. The first-order valence-corrected chi connectivity index (χ1v) is 15.3. The normalized spacial score (nSPS) is 11.9. The minimum absolute atomic E-state index is 0.0698. The van der Waals surface area contributed by atoms with Crippen molar-refractivity contribution in [3.8, 4) is 0 Å². The summed E-state index contributed by atoms with van der Waals surface area (Å²) in [6.07, 6.45) is 2.20. The van der Waals surface area contributed by atoms with E-state index in [1.165, 1.54) is 11.8 Å². The number of anilines is 2. The van der Waals surface area contributed by atoms with Crippen molar-refractivity contribution >= 4 is 69.3 Å². The van der Waals surface area contributed by atoms with E-state index < -0.39 is 11.8 Å². The third-order valence-corrected chi connectivity index (χ3v) is 8.37. The van der Waals surface area contributed by atoms with Crippen molar-refractivity contribution in [2.45, 2.75) is 23.5 Å². The second-order valence-corrected chi connectivity index (χ2v) is 11.7. The average molecular weight is 620 g/mol. The molecule has 1 unspecified atom stereocenters. The van der Waals surface area contributed by atoms with Crippen LogP contribution in [0, 0.1) is 0 Å². The molecule has 0 spiro atoms. The number of amides is 3. The Morgan fingerprint density at radius 1 is 0.750 bits per heavy atom. The van der Waals surface area contributed by atoms with Crippen LogP contribution in [0.25, 0.3) is 16.8 Å². The molecule has 5 aromatic rings. The maximum atomic E-state index is 13.5. The SMILES string of the molecule is CCC(Sc1cccc(NC(=O)/C(=C/c2ccc(Cl)cc2)NC(=O)c2ccccc2)c1)C(=O)Nc1ccc2ccccc2c1. The fourth-order valence-corrected chi connectivity index (χ4v) is 5.63. The lowest BCUT2D eigenvalue weighted by Crippen LogP contribution is -2.30. The summed E-state index contributed by atoms with van der Waals surface area (Å²) < 4.78 is 0. The minimum atomic E-state index is -0.493. The summed E-state index contributed by atoms with van der Waals surface area (Å²) in [6.45, 7) is 1.96. The Balaban J connectivity index is 1.29. The van der Waals surface area contributed by atoms with Gasteiger partial charge < -0.3 is 16.0 Å². The molecule has 3 amide bonds. The van der Waals surface area contributed by atoms with E-state index in [0.717, 1.165) is 21.4 Å². The highest BCUT2D eigenvalue weighted by molar-refractivity contribution is 8.00. The van der Waals surface area contributed by atoms with Crippen molar-refractivity contribution in [3.63, 3.8) is 0 Å². The van der Waals surface area contributed by atoms with Gasteiger partial charge in [0.05, 0.1) is 5.25 Å². The van der Waals surface area contributed by atoms with Crippen LogP contribution in [0.15, 0.2) is 132 Å². The molecule has 8 heteroatoms. The number of rotatable bonds is 10. The van der Waals surface area contributed by atoms with Gasteiger partial charge in [-0.05, 0) is 83.4 Å². The maximum Gasteiger partial charge on any atom is 0.272 e. The summed E-state index contributed by atoms with van der Waals surface area (Å²) in [5.74, 6) is -1.00. The molecule has 5 rings (SSSR count). The van der Waals surface area contributed by atoms with E-state index in [2.05, 4.69) is 16.0 Å². The van der Waals surface area contributed by atoms with Gasteiger partial charge >= 0.3 is 0 Å². The monoisotopic (exact) mass is 619 g/mol. The van der Waals surface area contributed by atoms with Crippen LogP contribution in [-0.4, -0.2) is 23.0 Å². The Morgan fingerprint density at radius 2 is 1.45 bits per heavy atom. The Bertz CT molecular complexity index is 1820. The molecule has 5 aromatic carbocycles. The molecule has 3 N–H and O–H groups in total. The second kappa shape index (κ2) is 14.6. The molecule has 0 radical (unpaired) electrons. The van der Waals surface area contributed by atoms with Gasteiger partial charge in [-0.25, -0.2) is 0 Å². The first-order chi connectivity index (χ1) is 21.4. The van der Waals surface area contributed by atoms with Crippen LogP contribution < -0.4 is 16.0 Å². The highest BCUT2D eigenvalue weighted by atomic mass is 35.5. The second-order valence-electron chi connectivity index (χ2n) is 9.98. The molecule has 0 saturated heterocycles. The van der Waals surface area contributed by atoms with Crippen LogP contribution in [0.2, 0.25) is 5.02 Å². The smallest absolute Gasteiger partial charge is 0.272 e. The molecule has 0 bridgehead atoms. The Labute approximate surface area is 265 Å². The molecule has 0 aliphatic carbocycles. The lowest BCUT2D eigenvalue weighted by molar-refractivity contribution is -0.116. The molecular weight excluding hydrogens is 590 g/mol. The third kappa shape index (κ3) is 8.16. The largest absolute Gasteiger partial charge is 0.325 e. The molecule has 0 aliphatic heterocycles. The molecule has 0 aliphatic rings. The van der Waals surface area contributed by atoms with Gasteiger partial charge in [0.2, 0.25) is 5.91 Å². The van der Waals surface area contributed by atoms with Crippen molar-refractivity contribution in [1.82, 2.24) is 5.32 Å². The zero-order chi connectivity index (χ0) is 30.9. The van der Waals surface area contributed by atoms with Crippen LogP contribution in [0.1, 0.15) is 29.3 Å². The van der Waals surface area contributed by atoms with E-state index in [1.54, 1.807) is 60.7 Å². The number of halogens is 1. The van der Waals surface area contributed by atoms with Crippen molar-refractivity contribution in [2.75, 3.05) is 10.6 Å². The van der Waals surface area contributed by atoms with E-state index in [4.69, 9.17) is 11.6 Å². The molecule has 6 nitrogen and oxygen atoms in total. The molecule has 220 valence electrons. The number of fused-ring (bicyclic) bond motifs is 1. The third-order valence-electron chi connectivity index (χ3n) is 6.76. The van der Waals surface area contributed by atoms with Crippen molar-refractivity contribution in [3.05, 3.63) is 143 Å². The molecular formula is C36H30ClN3O3S. The van der Waals surface area contributed by atoms with Crippen molar-refractivity contribution in [1.29, 1.82) is 0 Å². The van der Waals surface area contributed by atoms with Crippen LogP contribution in [-0.2, 0) is 9.59 Å². The molecule has 0 saturated carbocycles. The topological polar surface area (TPSA) is 87.3 Å². The number of thioether (sulfide) groups is 1. The highest BCUT2D eigenvalue weighted by Gasteiger charge is 2.19. The first-order valence-electron chi connectivity index (χ1n) is 14.1. The van der Waals surface area contributed by atoms with Gasteiger partial charge in [-0.2, -0.15) is 0 Å². The molecule has 0 fully saturated rings. The number of hydrogen-bond donors (Lipinski definition) is 3. The van der Waals surface area contributed by atoms with Crippen LogP contribution in [0.3, 0.4) is 0 Å². The molecule has 44 heavy (non-hydrogen) atoms. The fourth-order valence-electron chi connectivity index (χ4n) is 4.49. The number of benzene rings is 5. The predicted molar refractivity (Wildman–Crippen MR) is 181 cm³/mol. The fraction of sp³-hybridized carbons (Fsp3) is 0.0833.